The average Bonchev–Trinajstić information content (AvgIpc) is 3.32. The molecule has 0 atom stereocenters. The summed E-state index contributed by atoms with van der Waals surface area (Å²) in [4.78, 5) is 12.5. The standard InChI is InChI=1S/C23H24N2O4S/c1-2-10-24-30(27,28)15-16-6-8-20(9-7-16)25-23(26)13-19-14-29-22-12-18-5-3-4-17(18)11-21(19)22/h2,6-9,11-12,14,24H,1,3-5,10,13,15H2,(H,25,26). The van der Waals surface area contributed by atoms with Crippen molar-refractivity contribution in [2.24, 2.45) is 0 Å². The summed E-state index contributed by atoms with van der Waals surface area (Å²) >= 11 is 0. The van der Waals surface area contributed by atoms with Gasteiger partial charge in [-0.1, -0.05) is 18.2 Å². The number of nitrogens with one attached hydrogen (secondary N) is 2. The highest BCUT2D eigenvalue weighted by Gasteiger charge is 2.17. The van der Waals surface area contributed by atoms with E-state index < -0.39 is 10.0 Å². The van der Waals surface area contributed by atoms with Crippen LogP contribution in [-0.4, -0.2) is 20.9 Å². The van der Waals surface area contributed by atoms with Gasteiger partial charge in [0.1, 0.15) is 5.58 Å². The van der Waals surface area contributed by atoms with Crippen LogP contribution in [0.3, 0.4) is 0 Å². The molecule has 1 aliphatic rings. The van der Waals surface area contributed by atoms with Gasteiger partial charge in [-0.2, -0.15) is 0 Å². The first-order chi connectivity index (χ1) is 14.4. The molecule has 30 heavy (non-hydrogen) atoms. The highest BCUT2D eigenvalue weighted by Crippen LogP contribution is 2.30. The van der Waals surface area contributed by atoms with E-state index in [0.717, 1.165) is 29.4 Å². The number of sulfonamides is 1. The van der Waals surface area contributed by atoms with Crippen molar-refractivity contribution in [2.75, 3.05) is 11.9 Å². The second-order valence-corrected chi connectivity index (χ2v) is 9.36. The quantitative estimate of drug-likeness (QED) is 0.540. The molecule has 0 radical (unpaired) electrons. The zero-order chi connectivity index (χ0) is 21.1. The van der Waals surface area contributed by atoms with Gasteiger partial charge < -0.3 is 9.73 Å². The fraction of sp³-hybridized carbons (Fsp3) is 0.261. The van der Waals surface area contributed by atoms with Crippen molar-refractivity contribution in [3.05, 3.63) is 77.6 Å². The van der Waals surface area contributed by atoms with E-state index in [-0.39, 0.29) is 24.6 Å². The first-order valence-electron chi connectivity index (χ1n) is 9.92. The number of hydrogen-bond acceptors (Lipinski definition) is 4. The van der Waals surface area contributed by atoms with Crippen molar-refractivity contribution in [1.29, 1.82) is 0 Å². The van der Waals surface area contributed by atoms with Gasteiger partial charge in [0.2, 0.25) is 15.9 Å². The molecule has 2 aromatic carbocycles. The topological polar surface area (TPSA) is 88.4 Å². The van der Waals surface area contributed by atoms with Gasteiger partial charge >= 0.3 is 0 Å². The summed E-state index contributed by atoms with van der Waals surface area (Å²) in [6, 6.07) is 11.0. The van der Waals surface area contributed by atoms with Crippen LogP contribution in [-0.2, 0) is 39.8 Å². The Kier molecular flexibility index (Phi) is 5.74. The number of aryl methyl sites for hydroxylation is 2. The van der Waals surface area contributed by atoms with Crippen molar-refractivity contribution in [2.45, 2.75) is 31.4 Å². The summed E-state index contributed by atoms with van der Waals surface area (Å²) in [7, 11) is -3.41. The maximum absolute atomic E-state index is 12.5. The molecular formula is C23H24N2O4S. The molecular weight excluding hydrogens is 400 g/mol. The second-order valence-electron chi connectivity index (χ2n) is 7.55. The van der Waals surface area contributed by atoms with Crippen molar-refractivity contribution in [1.82, 2.24) is 4.72 Å². The summed E-state index contributed by atoms with van der Waals surface area (Å²) in [5, 5.41) is 3.86. The number of rotatable bonds is 8. The second kappa shape index (κ2) is 8.45. The number of anilines is 1. The zero-order valence-corrected chi connectivity index (χ0v) is 17.4. The molecule has 0 saturated carbocycles. The molecule has 3 aromatic rings. The molecule has 0 bridgehead atoms. The fourth-order valence-corrected chi connectivity index (χ4v) is 4.91. The number of benzene rings is 2. The van der Waals surface area contributed by atoms with Gasteiger partial charge in [-0.05, 0) is 60.2 Å². The van der Waals surface area contributed by atoms with Crippen LogP contribution >= 0.6 is 0 Å². The highest BCUT2D eigenvalue weighted by atomic mass is 32.2. The van der Waals surface area contributed by atoms with Gasteiger partial charge in [-0.15, -0.1) is 6.58 Å². The first kappa shape index (κ1) is 20.4. The molecule has 0 saturated heterocycles. The Balaban J connectivity index is 1.40. The third kappa shape index (κ3) is 4.63. The molecule has 0 aliphatic heterocycles. The Hall–Kier alpha value is -2.90. The van der Waals surface area contributed by atoms with E-state index in [4.69, 9.17) is 4.42 Å². The first-order valence-corrected chi connectivity index (χ1v) is 11.6. The molecule has 0 unspecified atom stereocenters. The van der Waals surface area contributed by atoms with E-state index >= 15 is 0 Å². The Labute approximate surface area is 176 Å². The minimum atomic E-state index is -3.41. The Morgan fingerprint density at radius 3 is 2.60 bits per heavy atom. The van der Waals surface area contributed by atoms with Crippen molar-refractivity contribution >= 4 is 32.6 Å². The van der Waals surface area contributed by atoms with E-state index in [1.54, 1.807) is 30.5 Å². The van der Waals surface area contributed by atoms with Gasteiger partial charge in [-0.25, -0.2) is 13.1 Å². The highest BCUT2D eigenvalue weighted by molar-refractivity contribution is 7.88. The number of amides is 1. The SMILES string of the molecule is C=CCNS(=O)(=O)Cc1ccc(NC(=O)Cc2coc3cc4c(cc23)CCC4)cc1. The lowest BCUT2D eigenvalue weighted by atomic mass is 10.0. The summed E-state index contributed by atoms with van der Waals surface area (Å²) in [5.74, 6) is -0.272. The molecule has 6 nitrogen and oxygen atoms in total. The van der Waals surface area contributed by atoms with Crippen LogP contribution in [0.2, 0.25) is 0 Å². The monoisotopic (exact) mass is 424 g/mol. The van der Waals surface area contributed by atoms with Crippen LogP contribution < -0.4 is 10.0 Å². The van der Waals surface area contributed by atoms with Gasteiger partial charge in [0.25, 0.3) is 0 Å². The molecule has 1 aromatic heterocycles. The Bertz CT molecular complexity index is 1190. The lowest BCUT2D eigenvalue weighted by Crippen LogP contribution is -2.25. The molecule has 0 fully saturated rings. The molecule has 2 N–H and O–H groups in total. The molecule has 4 rings (SSSR count). The smallest absolute Gasteiger partial charge is 0.228 e. The molecule has 1 heterocycles. The minimum Gasteiger partial charge on any atom is -0.464 e. The van der Waals surface area contributed by atoms with Gasteiger partial charge in [0, 0.05) is 23.2 Å². The van der Waals surface area contributed by atoms with Crippen LogP contribution in [0, 0.1) is 0 Å². The van der Waals surface area contributed by atoms with Crippen LogP contribution in [0.25, 0.3) is 11.0 Å². The van der Waals surface area contributed by atoms with Crippen LogP contribution in [0.4, 0.5) is 5.69 Å². The van der Waals surface area contributed by atoms with Crippen molar-refractivity contribution in [3.63, 3.8) is 0 Å². The van der Waals surface area contributed by atoms with E-state index in [0.29, 0.717) is 11.3 Å². The molecule has 156 valence electrons. The van der Waals surface area contributed by atoms with E-state index in [9.17, 15) is 13.2 Å². The maximum atomic E-state index is 12.5. The van der Waals surface area contributed by atoms with Crippen molar-refractivity contribution < 1.29 is 17.6 Å². The van der Waals surface area contributed by atoms with Crippen LogP contribution in [0.15, 0.2) is 59.7 Å². The molecule has 1 amide bonds. The minimum absolute atomic E-state index is 0.125. The van der Waals surface area contributed by atoms with Crippen LogP contribution in [0.1, 0.15) is 28.7 Å². The number of carbonyl (C=O) groups is 1. The molecule has 1 aliphatic carbocycles. The predicted molar refractivity (Wildman–Crippen MR) is 118 cm³/mol. The average molecular weight is 425 g/mol. The maximum Gasteiger partial charge on any atom is 0.228 e. The summed E-state index contributed by atoms with van der Waals surface area (Å²) < 4.78 is 32.0. The van der Waals surface area contributed by atoms with E-state index in [1.165, 1.54) is 23.6 Å². The fourth-order valence-electron chi connectivity index (χ4n) is 3.80. The van der Waals surface area contributed by atoms with Gasteiger partial charge in [-0.3, -0.25) is 4.79 Å². The molecule has 7 heteroatoms. The van der Waals surface area contributed by atoms with Crippen LogP contribution in [0.5, 0.6) is 0 Å². The lowest BCUT2D eigenvalue weighted by Gasteiger charge is -2.08. The van der Waals surface area contributed by atoms with Gasteiger partial charge in [0.15, 0.2) is 0 Å². The largest absolute Gasteiger partial charge is 0.464 e. The third-order valence-electron chi connectivity index (χ3n) is 5.26. The predicted octanol–water partition coefficient (Wildman–Crippen LogP) is 3.71. The Morgan fingerprint density at radius 2 is 1.87 bits per heavy atom. The summed E-state index contributed by atoms with van der Waals surface area (Å²) in [6.07, 6.45) is 6.69. The number of hydrogen-bond donors (Lipinski definition) is 2. The van der Waals surface area contributed by atoms with Gasteiger partial charge in [0.05, 0.1) is 18.4 Å². The number of fused-ring (bicyclic) bond motifs is 2. The van der Waals surface area contributed by atoms with Crippen molar-refractivity contribution in [3.8, 4) is 0 Å². The lowest BCUT2D eigenvalue weighted by molar-refractivity contribution is -0.115. The normalized spacial score (nSPS) is 13.3. The molecule has 0 spiro atoms. The number of furan rings is 1. The summed E-state index contributed by atoms with van der Waals surface area (Å²) in [6.45, 7) is 3.69. The number of carbonyl (C=O) groups excluding carboxylic acids is 1. The Morgan fingerprint density at radius 1 is 1.13 bits per heavy atom. The zero-order valence-electron chi connectivity index (χ0n) is 16.6. The van der Waals surface area contributed by atoms with E-state index in [2.05, 4.69) is 28.8 Å². The van der Waals surface area contributed by atoms with E-state index in [1.807, 2.05) is 0 Å². The third-order valence-corrected chi connectivity index (χ3v) is 6.58. The summed E-state index contributed by atoms with van der Waals surface area (Å²) in [5.41, 5.74) is 5.64.